The SMILES string of the molecule is Cc1ccc(C(=O)O)c(N2CCNCC2)n1. The Balaban J connectivity index is 2.36. The minimum Gasteiger partial charge on any atom is -0.478 e. The number of hydrogen-bond acceptors (Lipinski definition) is 4. The molecule has 0 aliphatic carbocycles. The number of carboxylic acid groups (broad SMARTS) is 1. The molecule has 0 aromatic carbocycles. The lowest BCUT2D eigenvalue weighted by Gasteiger charge is -2.29. The molecule has 16 heavy (non-hydrogen) atoms. The molecule has 1 fully saturated rings. The maximum atomic E-state index is 11.1. The monoisotopic (exact) mass is 221 g/mol. The topological polar surface area (TPSA) is 65.5 Å². The van der Waals surface area contributed by atoms with Crippen molar-refractivity contribution >= 4 is 11.8 Å². The summed E-state index contributed by atoms with van der Waals surface area (Å²) in [6, 6.07) is 3.36. The third-order valence-corrected chi connectivity index (χ3v) is 2.66. The number of aromatic nitrogens is 1. The Bertz CT molecular complexity index is 400. The van der Waals surface area contributed by atoms with Gasteiger partial charge in [0.2, 0.25) is 0 Å². The summed E-state index contributed by atoms with van der Waals surface area (Å²) in [5.41, 5.74) is 1.13. The number of aromatic carboxylic acids is 1. The van der Waals surface area contributed by atoms with E-state index in [0.717, 1.165) is 31.9 Å². The summed E-state index contributed by atoms with van der Waals surface area (Å²) in [4.78, 5) is 17.4. The van der Waals surface area contributed by atoms with E-state index in [2.05, 4.69) is 10.3 Å². The molecule has 0 spiro atoms. The van der Waals surface area contributed by atoms with Gasteiger partial charge >= 0.3 is 5.97 Å². The van der Waals surface area contributed by atoms with Crippen LogP contribution >= 0.6 is 0 Å². The van der Waals surface area contributed by atoms with Gasteiger partial charge in [-0.25, -0.2) is 9.78 Å². The predicted molar refractivity (Wildman–Crippen MR) is 61.0 cm³/mol. The summed E-state index contributed by atoms with van der Waals surface area (Å²) in [5.74, 6) is -0.324. The molecule has 1 aromatic rings. The summed E-state index contributed by atoms with van der Waals surface area (Å²) in [6.07, 6.45) is 0. The van der Waals surface area contributed by atoms with Crippen molar-refractivity contribution in [2.45, 2.75) is 6.92 Å². The van der Waals surface area contributed by atoms with Crippen molar-refractivity contribution in [2.75, 3.05) is 31.1 Å². The van der Waals surface area contributed by atoms with Crippen LogP contribution in [0.15, 0.2) is 12.1 Å². The summed E-state index contributed by atoms with van der Waals surface area (Å²) in [5, 5.41) is 12.3. The Morgan fingerprint density at radius 3 is 2.75 bits per heavy atom. The molecule has 1 saturated heterocycles. The fourth-order valence-electron chi connectivity index (χ4n) is 1.83. The zero-order valence-corrected chi connectivity index (χ0v) is 9.23. The molecule has 5 nitrogen and oxygen atoms in total. The van der Waals surface area contributed by atoms with Crippen LogP contribution < -0.4 is 10.2 Å². The highest BCUT2D eigenvalue weighted by atomic mass is 16.4. The van der Waals surface area contributed by atoms with Crippen LogP contribution in [0.25, 0.3) is 0 Å². The zero-order valence-electron chi connectivity index (χ0n) is 9.23. The van der Waals surface area contributed by atoms with Crippen molar-refractivity contribution in [3.63, 3.8) is 0 Å². The van der Waals surface area contributed by atoms with Gasteiger partial charge in [0.25, 0.3) is 0 Å². The summed E-state index contributed by atoms with van der Waals surface area (Å²) in [7, 11) is 0. The second kappa shape index (κ2) is 4.49. The van der Waals surface area contributed by atoms with Gasteiger partial charge in [0, 0.05) is 31.9 Å². The van der Waals surface area contributed by atoms with Crippen LogP contribution in [-0.4, -0.2) is 42.2 Å². The predicted octanol–water partition coefficient (Wildman–Crippen LogP) is 0.498. The minimum absolute atomic E-state index is 0.285. The third kappa shape index (κ3) is 2.14. The standard InChI is InChI=1S/C11H15N3O2/c1-8-2-3-9(11(15)16)10(13-8)14-6-4-12-5-7-14/h2-3,12H,4-7H2,1H3,(H,15,16). The van der Waals surface area contributed by atoms with Crippen molar-refractivity contribution in [1.29, 1.82) is 0 Å². The van der Waals surface area contributed by atoms with E-state index in [9.17, 15) is 4.79 Å². The van der Waals surface area contributed by atoms with Gasteiger partial charge in [-0.2, -0.15) is 0 Å². The van der Waals surface area contributed by atoms with Crippen LogP contribution in [0.5, 0.6) is 0 Å². The lowest BCUT2D eigenvalue weighted by Crippen LogP contribution is -2.44. The smallest absolute Gasteiger partial charge is 0.339 e. The van der Waals surface area contributed by atoms with Crippen molar-refractivity contribution in [3.8, 4) is 0 Å². The first-order valence-electron chi connectivity index (χ1n) is 5.35. The average Bonchev–Trinajstić information content (AvgIpc) is 2.29. The number of anilines is 1. The number of pyridine rings is 1. The van der Waals surface area contributed by atoms with E-state index in [1.54, 1.807) is 12.1 Å². The molecule has 0 unspecified atom stereocenters. The molecule has 1 aliphatic rings. The van der Waals surface area contributed by atoms with E-state index in [-0.39, 0.29) is 5.56 Å². The average molecular weight is 221 g/mol. The van der Waals surface area contributed by atoms with Gasteiger partial charge in [-0.15, -0.1) is 0 Å². The summed E-state index contributed by atoms with van der Waals surface area (Å²) in [6.45, 7) is 5.22. The highest BCUT2D eigenvalue weighted by molar-refractivity contribution is 5.93. The van der Waals surface area contributed by atoms with Gasteiger partial charge < -0.3 is 15.3 Å². The Morgan fingerprint density at radius 2 is 2.12 bits per heavy atom. The van der Waals surface area contributed by atoms with Gasteiger partial charge in [-0.3, -0.25) is 0 Å². The third-order valence-electron chi connectivity index (χ3n) is 2.66. The van der Waals surface area contributed by atoms with Crippen molar-refractivity contribution in [1.82, 2.24) is 10.3 Å². The van der Waals surface area contributed by atoms with E-state index in [1.807, 2.05) is 11.8 Å². The maximum Gasteiger partial charge on any atom is 0.339 e. The largest absolute Gasteiger partial charge is 0.478 e. The number of carbonyl (C=O) groups is 1. The van der Waals surface area contributed by atoms with Crippen LogP contribution in [0.1, 0.15) is 16.1 Å². The Hall–Kier alpha value is -1.62. The second-order valence-corrected chi connectivity index (χ2v) is 3.87. The number of piperazine rings is 1. The van der Waals surface area contributed by atoms with Crippen LogP contribution in [0.3, 0.4) is 0 Å². The Morgan fingerprint density at radius 1 is 1.44 bits per heavy atom. The van der Waals surface area contributed by atoms with Gasteiger partial charge in [0.15, 0.2) is 0 Å². The molecule has 2 rings (SSSR count). The molecule has 0 amide bonds. The number of carboxylic acids is 1. The van der Waals surface area contributed by atoms with E-state index >= 15 is 0 Å². The van der Waals surface area contributed by atoms with Gasteiger partial charge in [0.05, 0.1) is 0 Å². The number of hydrogen-bond donors (Lipinski definition) is 2. The molecule has 0 atom stereocenters. The fourth-order valence-corrected chi connectivity index (χ4v) is 1.83. The van der Waals surface area contributed by atoms with Crippen LogP contribution in [0.4, 0.5) is 5.82 Å². The molecule has 5 heteroatoms. The van der Waals surface area contributed by atoms with Crippen molar-refractivity contribution in [3.05, 3.63) is 23.4 Å². The summed E-state index contributed by atoms with van der Waals surface area (Å²) >= 11 is 0. The van der Waals surface area contributed by atoms with E-state index in [0.29, 0.717) is 5.82 Å². The second-order valence-electron chi connectivity index (χ2n) is 3.87. The van der Waals surface area contributed by atoms with Gasteiger partial charge in [-0.05, 0) is 19.1 Å². The zero-order chi connectivity index (χ0) is 11.5. The molecule has 0 bridgehead atoms. The molecule has 86 valence electrons. The van der Waals surface area contributed by atoms with Crippen LogP contribution in [-0.2, 0) is 0 Å². The minimum atomic E-state index is -0.916. The van der Waals surface area contributed by atoms with Crippen molar-refractivity contribution in [2.24, 2.45) is 0 Å². The Kier molecular flexibility index (Phi) is 3.05. The van der Waals surface area contributed by atoms with Gasteiger partial charge in [-0.1, -0.05) is 0 Å². The molecule has 1 aromatic heterocycles. The molecule has 0 saturated carbocycles. The highest BCUT2D eigenvalue weighted by Crippen LogP contribution is 2.18. The number of aryl methyl sites for hydroxylation is 1. The van der Waals surface area contributed by atoms with Crippen LogP contribution in [0.2, 0.25) is 0 Å². The number of nitrogens with one attached hydrogen (secondary N) is 1. The first-order chi connectivity index (χ1) is 7.68. The molecular weight excluding hydrogens is 206 g/mol. The lowest BCUT2D eigenvalue weighted by atomic mass is 10.2. The van der Waals surface area contributed by atoms with E-state index in [1.165, 1.54) is 0 Å². The van der Waals surface area contributed by atoms with Gasteiger partial charge in [0.1, 0.15) is 11.4 Å². The number of nitrogens with zero attached hydrogens (tertiary/aromatic N) is 2. The quantitative estimate of drug-likeness (QED) is 0.761. The van der Waals surface area contributed by atoms with Crippen molar-refractivity contribution < 1.29 is 9.90 Å². The maximum absolute atomic E-state index is 11.1. The Labute approximate surface area is 94.1 Å². The first kappa shape index (κ1) is 10.9. The molecule has 0 radical (unpaired) electrons. The fraction of sp³-hybridized carbons (Fsp3) is 0.455. The lowest BCUT2D eigenvalue weighted by molar-refractivity contribution is 0.0697. The molecule has 2 N–H and O–H groups in total. The number of rotatable bonds is 2. The molecule has 1 aliphatic heterocycles. The van der Waals surface area contributed by atoms with Crippen LogP contribution in [0, 0.1) is 6.92 Å². The van der Waals surface area contributed by atoms with E-state index in [4.69, 9.17) is 5.11 Å². The van der Waals surface area contributed by atoms with E-state index < -0.39 is 5.97 Å². The first-order valence-corrected chi connectivity index (χ1v) is 5.35. The summed E-state index contributed by atoms with van der Waals surface area (Å²) < 4.78 is 0. The normalized spacial score (nSPS) is 16.2. The molecular formula is C11H15N3O2. The molecule has 2 heterocycles. The highest BCUT2D eigenvalue weighted by Gasteiger charge is 2.19.